The summed E-state index contributed by atoms with van der Waals surface area (Å²) in [4.78, 5) is 15.6. The van der Waals surface area contributed by atoms with Crippen molar-refractivity contribution in [2.75, 3.05) is 7.11 Å². The van der Waals surface area contributed by atoms with Crippen molar-refractivity contribution in [3.63, 3.8) is 0 Å². The second-order valence-electron chi connectivity index (χ2n) is 6.56. The van der Waals surface area contributed by atoms with E-state index >= 15 is 0 Å². The van der Waals surface area contributed by atoms with E-state index in [9.17, 15) is 4.79 Å². The van der Waals surface area contributed by atoms with Gasteiger partial charge in [-0.3, -0.25) is 4.79 Å². The van der Waals surface area contributed by atoms with Crippen LogP contribution in [0.15, 0.2) is 58.5 Å². The predicted molar refractivity (Wildman–Crippen MR) is 117 cm³/mol. The zero-order chi connectivity index (χ0) is 21.1. The van der Waals surface area contributed by atoms with Crippen molar-refractivity contribution in [3.05, 3.63) is 75.3 Å². The molecule has 0 aliphatic heterocycles. The average Bonchev–Trinajstić information content (AvgIpc) is 3.11. The molecular formula is C21H19ClN4O3S. The van der Waals surface area contributed by atoms with Gasteiger partial charge in [-0.15, -0.1) is 10.2 Å². The van der Waals surface area contributed by atoms with Gasteiger partial charge in [0.05, 0.1) is 7.11 Å². The molecule has 4 rings (SSSR count). The Labute approximate surface area is 182 Å². The molecule has 0 spiro atoms. The Hall–Kier alpha value is -2.97. The highest BCUT2D eigenvalue weighted by atomic mass is 35.5. The molecular weight excluding hydrogens is 424 g/mol. The van der Waals surface area contributed by atoms with Gasteiger partial charge in [0.15, 0.2) is 16.4 Å². The highest BCUT2D eigenvalue weighted by molar-refractivity contribution is 7.98. The van der Waals surface area contributed by atoms with Gasteiger partial charge >= 0.3 is 0 Å². The first-order valence-electron chi connectivity index (χ1n) is 9.13. The SMILES string of the molecule is COc1ccc(OCc2nnc(SCc3cc(=O)c4cc(Cl)ccc4[nH]3)n2C)cc1. The number of H-pyrrole nitrogens is 1. The predicted octanol–water partition coefficient (Wildman–Crippen LogP) is 4.19. The van der Waals surface area contributed by atoms with Crippen molar-refractivity contribution in [1.82, 2.24) is 19.7 Å². The minimum atomic E-state index is -0.0617. The fourth-order valence-corrected chi connectivity index (χ4v) is 3.92. The fraction of sp³-hybridized carbons (Fsp3) is 0.190. The van der Waals surface area contributed by atoms with Crippen LogP contribution in [0.3, 0.4) is 0 Å². The third kappa shape index (κ3) is 4.44. The van der Waals surface area contributed by atoms with Crippen molar-refractivity contribution in [2.24, 2.45) is 7.05 Å². The van der Waals surface area contributed by atoms with Crippen LogP contribution in [0, 0.1) is 0 Å². The summed E-state index contributed by atoms with van der Waals surface area (Å²) in [7, 11) is 3.51. The number of aromatic nitrogens is 4. The first-order valence-corrected chi connectivity index (χ1v) is 10.5. The Bertz CT molecular complexity index is 1240. The number of halogens is 1. The van der Waals surface area contributed by atoms with E-state index in [0.29, 0.717) is 28.6 Å². The van der Waals surface area contributed by atoms with E-state index in [4.69, 9.17) is 21.1 Å². The molecule has 0 bridgehead atoms. The van der Waals surface area contributed by atoms with Gasteiger partial charge in [-0.1, -0.05) is 23.4 Å². The fourth-order valence-electron chi connectivity index (χ4n) is 2.91. The molecule has 4 aromatic rings. The van der Waals surface area contributed by atoms with Crippen molar-refractivity contribution >= 4 is 34.3 Å². The van der Waals surface area contributed by atoms with Crippen LogP contribution in [0.5, 0.6) is 11.5 Å². The molecule has 1 N–H and O–H groups in total. The van der Waals surface area contributed by atoms with E-state index in [2.05, 4.69) is 15.2 Å². The van der Waals surface area contributed by atoms with Crippen LogP contribution < -0.4 is 14.9 Å². The smallest absolute Gasteiger partial charge is 0.191 e. The van der Waals surface area contributed by atoms with Crippen LogP contribution in [0.2, 0.25) is 5.02 Å². The normalized spacial score (nSPS) is 11.0. The number of nitrogens with one attached hydrogen (secondary N) is 1. The number of hydrogen-bond donors (Lipinski definition) is 1. The monoisotopic (exact) mass is 442 g/mol. The van der Waals surface area contributed by atoms with Crippen molar-refractivity contribution in [3.8, 4) is 11.5 Å². The molecule has 0 aliphatic carbocycles. The quantitative estimate of drug-likeness (QED) is 0.432. The molecule has 2 aromatic heterocycles. The lowest BCUT2D eigenvalue weighted by atomic mass is 10.2. The van der Waals surface area contributed by atoms with Gasteiger partial charge in [0.1, 0.15) is 18.1 Å². The van der Waals surface area contributed by atoms with Crippen LogP contribution in [0.4, 0.5) is 0 Å². The lowest BCUT2D eigenvalue weighted by Crippen LogP contribution is -2.05. The molecule has 2 aromatic carbocycles. The third-order valence-electron chi connectivity index (χ3n) is 4.56. The number of rotatable bonds is 7. The molecule has 0 amide bonds. The van der Waals surface area contributed by atoms with Gasteiger partial charge in [-0.05, 0) is 42.5 Å². The van der Waals surface area contributed by atoms with Gasteiger partial charge < -0.3 is 19.0 Å². The molecule has 0 aliphatic rings. The molecule has 0 saturated heterocycles. The summed E-state index contributed by atoms with van der Waals surface area (Å²) in [5.74, 6) is 2.75. The molecule has 2 heterocycles. The summed E-state index contributed by atoms with van der Waals surface area (Å²) in [6.07, 6.45) is 0. The van der Waals surface area contributed by atoms with Crippen molar-refractivity contribution in [2.45, 2.75) is 17.5 Å². The van der Waals surface area contributed by atoms with Crippen molar-refractivity contribution < 1.29 is 9.47 Å². The van der Waals surface area contributed by atoms with Crippen LogP contribution in [0.25, 0.3) is 10.9 Å². The number of ether oxygens (including phenoxy) is 2. The van der Waals surface area contributed by atoms with E-state index in [1.165, 1.54) is 11.8 Å². The number of benzene rings is 2. The maximum absolute atomic E-state index is 12.3. The maximum atomic E-state index is 12.3. The molecule has 30 heavy (non-hydrogen) atoms. The van der Waals surface area contributed by atoms with Crippen LogP contribution in [0.1, 0.15) is 11.5 Å². The van der Waals surface area contributed by atoms with Crippen molar-refractivity contribution in [1.29, 1.82) is 0 Å². The van der Waals surface area contributed by atoms with Gasteiger partial charge in [-0.25, -0.2) is 0 Å². The molecule has 7 nitrogen and oxygen atoms in total. The van der Waals surface area contributed by atoms with Gasteiger partial charge in [0, 0.05) is 40.5 Å². The van der Waals surface area contributed by atoms with E-state index in [1.807, 2.05) is 41.9 Å². The highest BCUT2D eigenvalue weighted by Gasteiger charge is 2.11. The average molecular weight is 443 g/mol. The standard InChI is InChI=1S/C21H19ClN4O3S/c1-26-20(11-29-16-6-4-15(28-2)5-7-16)24-25-21(26)30-12-14-10-19(27)17-9-13(22)3-8-18(17)23-14/h3-10H,11-12H2,1-2H3,(H,23,27). The Kier molecular flexibility index (Phi) is 5.96. The molecule has 154 valence electrons. The molecule has 0 fully saturated rings. The van der Waals surface area contributed by atoms with Crippen LogP contribution in [-0.2, 0) is 19.4 Å². The number of pyridine rings is 1. The zero-order valence-electron chi connectivity index (χ0n) is 16.4. The van der Waals surface area contributed by atoms with Crippen LogP contribution in [-0.4, -0.2) is 26.9 Å². The number of methoxy groups -OCH3 is 1. The number of thioether (sulfide) groups is 1. The molecule has 0 saturated carbocycles. The number of nitrogens with zero attached hydrogens (tertiary/aromatic N) is 3. The third-order valence-corrected chi connectivity index (χ3v) is 5.86. The minimum absolute atomic E-state index is 0.0617. The lowest BCUT2D eigenvalue weighted by Gasteiger charge is -2.08. The first kappa shape index (κ1) is 20.3. The summed E-state index contributed by atoms with van der Waals surface area (Å²) >= 11 is 7.47. The maximum Gasteiger partial charge on any atom is 0.191 e. The largest absolute Gasteiger partial charge is 0.497 e. The minimum Gasteiger partial charge on any atom is -0.497 e. The Morgan fingerprint density at radius 1 is 1.10 bits per heavy atom. The molecule has 0 radical (unpaired) electrons. The summed E-state index contributed by atoms with van der Waals surface area (Å²) in [5.41, 5.74) is 1.50. The van der Waals surface area contributed by atoms with E-state index in [-0.39, 0.29) is 5.43 Å². The number of fused-ring (bicyclic) bond motifs is 1. The summed E-state index contributed by atoms with van der Waals surface area (Å²) in [5, 5.41) is 10.3. The summed E-state index contributed by atoms with van der Waals surface area (Å²) < 4.78 is 12.8. The molecule has 0 atom stereocenters. The van der Waals surface area contributed by atoms with E-state index in [0.717, 1.165) is 27.9 Å². The Morgan fingerprint density at radius 3 is 2.63 bits per heavy atom. The zero-order valence-corrected chi connectivity index (χ0v) is 18.0. The van der Waals surface area contributed by atoms with Gasteiger partial charge in [0.25, 0.3) is 0 Å². The second-order valence-corrected chi connectivity index (χ2v) is 7.94. The number of aromatic amines is 1. The van der Waals surface area contributed by atoms with Crippen LogP contribution >= 0.6 is 23.4 Å². The van der Waals surface area contributed by atoms with E-state index < -0.39 is 0 Å². The number of hydrogen-bond acceptors (Lipinski definition) is 6. The van der Waals surface area contributed by atoms with Gasteiger partial charge in [0.2, 0.25) is 0 Å². The second kappa shape index (κ2) is 8.81. The Balaban J connectivity index is 1.42. The summed E-state index contributed by atoms with van der Waals surface area (Å²) in [6, 6.07) is 14.2. The summed E-state index contributed by atoms with van der Waals surface area (Å²) in [6.45, 7) is 0.296. The van der Waals surface area contributed by atoms with Gasteiger partial charge in [-0.2, -0.15) is 0 Å². The molecule has 9 heteroatoms. The van der Waals surface area contributed by atoms with E-state index in [1.54, 1.807) is 25.3 Å². The molecule has 0 unspecified atom stereocenters. The highest BCUT2D eigenvalue weighted by Crippen LogP contribution is 2.23. The first-order chi connectivity index (χ1) is 14.5. The Morgan fingerprint density at radius 2 is 1.87 bits per heavy atom. The topological polar surface area (TPSA) is 82.0 Å². The lowest BCUT2D eigenvalue weighted by molar-refractivity contribution is 0.290.